The van der Waals surface area contributed by atoms with Gasteiger partial charge in [-0.1, -0.05) is 81.4 Å². The molecule has 2 aromatic rings. The van der Waals surface area contributed by atoms with Crippen molar-refractivity contribution in [2.45, 2.75) is 70.2 Å². The van der Waals surface area contributed by atoms with Crippen molar-refractivity contribution in [3.05, 3.63) is 72.3 Å². The molecule has 0 radical (unpaired) electrons. The van der Waals surface area contributed by atoms with Crippen LogP contribution in [0.3, 0.4) is 0 Å². The lowest BCUT2D eigenvalue weighted by molar-refractivity contribution is -0.174. The molecule has 2 aliphatic rings. The molecule has 4 rings (SSSR count). The third kappa shape index (κ3) is 3.72. The Morgan fingerprint density at radius 1 is 0.935 bits per heavy atom. The molecule has 1 heterocycles. The van der Waals surface area contributed by atoms with E-state index in [9.17, 15) is 5.11 Å². The molecule has 0 amide bonds. The third-order valence-electron chi connectivity index (χ3n) is 6.56. The topological polar surface area (TPSA) is 47.9 Å². The zero-order chi connectivity index (χ0) is 22.5. The lowest BCUT2D eigenvalue weighted by Crippen LogP contribution is -2.66. The van der Waals surface area contributed by atoms with E-state index in [0.29, 0.717) is 6.61 Å². The summed E-state index contributed by atoms with van der Waals surface area (Å²) in [6, 6.07) is 21.2. The van der Waals surface area contributed by atoms with Gasteiger partial charge in [0.15, 0.2) is 5.79 Å². The zero-order valence-corrected chi connectivity index (χ0v) is 20.4. The normalized spacial score (nSPS) is 27.8. The van der Waals surface area contributed by atoms with Gasteiger partial charge in [0, 0.05) is 0 Å². The van der Waals surface area contributed by atoms with Gasteiger partial charge in [0.05, 0.1) is 6.61 Å². The molecule has 5 heteroatoms. The second-order valence-corrected chi connectivity index (χ2v) is 14.6. The Kier molecular flexibility index (Phi) is 5.55. The molecule has 0 unspecified atom stereocenters. The molecule has 4 nitrogen and oxygen atoms in total. The highest BCUT2D eigenvalue weighted by Gasteiger charge is 2.59. The number of hydrogen-bond acceptors (Lipinski definition) is 4. The van der Waals surface area contributed by atoms with E-state index < -0.39 is 25.8 Å². The Balaban J connectivity index is 1.74. The fourth-order valence-electron chi connectivity index (χ4n) is 5.20. The monoisotopic (exact) mass is 438 g/mol. The number of ether oxygens (including phenoxy) is 2. The van der Waals surface area contributed by atoms with Gasteiger partial charge in [-0.25, -0.2) is 0 Å². The Bertz CT molecular complexity index is 909. The molecule has 1 aliphatic carbocycles. The van der Waals surface area contributed by atoms with Crippen LogP contribution in [0.4, 0.5) is 0 Å². The van der Waals surface area contributed by atoms with Crippen molar-refractivity contribution in [1.82, 2.24) is 0 Å². The Labute approximate surface area is 187 Å². The first-order valence-electron chi connectivity index (χ1n) is 11.0. The first-order valence-corrected chi connectivity index (χ1v) is 12.9. The number of fused-ring (bicyclic) bond motifs is 1. The van der Waals surface area contributed by atoms with Crippen LogP contribution in [0.5, 0.6) is 0 Å². The third-order valence-corrected chi connectivity index (χ3v) is 11.5. The molecule has 0 aromatic heterocycles. The highest BCUT2D eigenvalue weighted by Crippen LogP contribution is 2.47. The predicted octanol–water partition coefficient (Wildman–Crippen LogP) is 3.77. The Hall–Kier alpha value is -1.76. The number of rotatable bonds is 5. The average molecular weight is 439 g/mol. The zero-order valence-electron chi connectivity index (χ0n) is 19.4. The lowest BCUT2D eigenvalue weighted by atomic mass is 9.97. The van der Waals surface area contributed by atoms with Gasteiger partial charge in [-0.05, 0) is 47.8 Å². The molecular weight excluding hydrogens is 404 g/mol. The van der Waals surface area contributed by atoms with E-state index >= 15 is 0 Å². The van der Waals surface area contributed by atoms with E-state index in [0.717, 1.165) is 5.57 Å². The van der Waals surface area contributed by atoms with Crippen molar-refractivity contribution >= 4 is 18.7 Å². The van der Waals surface area contributed by atoms with Gasteiger partial charge >= 0.3 is 0 Å². The SMILES string of the molecule is CC1(C)O[C@@H]2C(CO[Si](c3ccccc3)(c3ccccc3)C(C)(C)C)=C[C@H](O)[C@]2(C)O1. The molecule has 1 fully saturated rings. The quantitative estimate of drug-likeness (QED) is 0.570. The number of hydrogen-bond donors (Lipinski definition) is 1. The van der Waals surface area contributed by atoms with Gasteiger partial charge < -0.3 is 19.0 Å². The van der Waals surface area contributed by atoms with E-state index in [1.165, 1.54) is 10.4 Å². The first kappa shape index (κ1) is 22.4. The van der Waals surface area contributed by atoms with Crippen molar-refractivity contribution in [2.24, 2.45) is 0 Å². The van der Waals surface area contributed by atoms with Crippen LogP contribution in [0.1, 0.15) is 41.5 Å². The van der Waals surface area contributed by atoms with Gasteiger partial charge in [-0.3, -0.25) is 0 Å². The Morgan fingerprint density at radius 2 is 1.45 bits per heavy atom. The number of benzene rings is 2. The van der Waals surface area contributed by atoms with E-state index in [4.69, 9.17) is 13.9 Å². The standard InChI is InChI=1S/C26H34O4Si/c1-24(2,3)31(20-13-9-7-10-14-20,21-15-11-8-12-16-21)28-18-19-17-22(27)26(6)23(19)29-25(4,5)30-26/h7-17,22-23,27H,18H2,1-6H3/t22-,23+,26-/m0/s1. The van der Waals surface area contributed by atoms with Crippen LogP contribution in [-0.4, -0.2) is 43.6 Å². The summed E-state index contributed by atoms with van der Waals surface area (Å²) >= 11 is 0. The minimum Gasteiger partial charge on any atom is -0.403 e. The van der Waals surface area contributed by atoms with Gasteiger partial charge in [-0.15, -0.1) is 0 Å². The number of aliphatic hydroxyl groups is 1. The van der Waals surface area contributed by atoms with E-state index in [1.54, 1.807) is 0 Å². The molecule has 166 valence electrons. The van der Waals surface area contributed by atoms with Crippen LogP contribution in [0.2, 0.25) is 5.04 Å². The molecule has 0 saturated carbocycles. The van der Waals surface area contributed by atoms with E-state index in [1.807, 2.05) is 39.0 Å². The molecule has 2 aromatic carbocycles. The molecule has 3 atom stereocenters. The van der Waals surface area contributed by atoms with Gasteiger partial charge in [0.25, 0.3) is 8.32 Å². The summed E-state index contributed by atoms with van der Waals surface area (Å²) in [5.74, 6) is -0.739. The summed E-state index contributed by atoms with van der Waals surface area (Å²) in [5, 5.41) is 13.1. The van der Waals surface area contributed by atoms with Crippen molar-refractivity contribution in [3.8, 4) is 0 Å². The number of aliphatic hydroxyl groups excluding tert-OH is 1. The highest BCUT2D eigenvalue weighted by molar-refractivity contribution is 6.99. The highest BCUT2D eigenvalue weighted by atomic mass is 28.4. The van der Waals surface area contributed by atoms with Crippen molar-refractivity contribution in [1.29, 1.82) is 0 Å². The van der Waals surface area contributed by atoms with Crippen LogP contribution in [-0.2, 0) is 13.9 Å². The van der Waals surface area contributed by atoms with E-state index in [2.05, 4.69) is 69.3 Å². The Morgan fingerprint density at radius 3 is 1.94 bits per heavy atom. The first-order chi connectivity index (χ1) is 14.5. The van der Waals surface area contributed by atoms with Gasteiger partial charge in [0.2, 0.25) is 0 Å². The summed E-state index contributed by atoms with van der Waals surface area (Å²) in [7, 11) is -2.66. The summed E-state index contributed by atoms with van der Waals surface area (Å²) in [5.41, 5.74) is 0.168. The van der Waals surface area contributed by atoms with Crippen molar-refractivity contribution in [3.63, 3.8) is 0 Å². The van der Waals surface area contributed by atoms with Crippen LogP contribution in [0.25, 0.3) is 0 Å². The van der Waals surface area contributed by atoms with E-state index in [-0.39, 0.29) is 11.1 Å². The maximum absolute atomic E-state index is 10.8. The smallest absolute Gasteiger partial charge is 0.261 e. The molecular formula is C26H34O4Si. The van der Waals surface area contributed by atoms with Crippen LogP contribution >= 0.6 is 0 Å². The average Bonchev–Trinajstić information content (AvgIpc) is 3.09. The molecule has 31 heavy (non-hydrogen) atoms. The van der Waals surface area contributed by atoms with Crippen molar-refractivity contribution in [2.75, 3.05) is 6.61 Å². The maximum atomic E-state index is 10.8. The van der Waals surface area contributed by atoms with Crippen LogP contribution in [0, 0.1) is 0 Å². The maximum Gasteiger partial charge on any atom is 0.261 e. The molecule has 0 bridgehead atoms. The van der Waals surface area contributed by atoms with Crippen molar-refractivity contribution < 1.29 is 19.0 Å². The lowest BCUT2D eigenvalue weighted by Gasteiger charge is -2.43. The molecule has 1 aliphatic heterocycles. The largest absolute Gasteiger partial charge is 0.403 e. The van der Waals surface area contributed by atoms with Crippen LogP contribution in [0.15, 0.2) is 72.3 Å². The minimum atomic E-state index is -2.66. The molecule has 1 N–H and O–H groups in total. The molecule has 1 saturated heterocycles. The summed E-state index contributed by atoms with van der Waals surface area (Å²) in [4.78, 5) is 0. The second-order valence-electron chi connectivity index (χ2n) is 10.3. The molecule has 0 spiro atoms. The van der Waals surface area contributed by atoms with Gasteiger partial charge in [-0.2, -0.15) is 0 Å². The summed E-state index contributed by atoms with van der Waals surface area (Å²) in [6.07, 6.45) is 0.810. The van der Waals surface area contributed by atoms with Crippen LogP contribution < -0.4 is 10.4 Å². The summed E-state index contributed by atoms with van der Waals surface area (Å²) < 4.78 is 19.4. The second kappa shape index (κ2) is 7.68. The van der Waals surface area contributed by atoms with Gasteiger partial charge in [0.1, 0.15) is 17.8 Å². The predicted molar refractivity (Wildman–Crippen MR) is 126 cm³/mol. The minimum absolute atomic E-state index is 0.108. The summed E-state index contributed by atoms with van der Waals surface area (Å²) in [6.45, 7) is 12.9. The fraction of sp³-hybridized carbons (Fsp3) is 0.462. The fourth-order valence-corrected chi connectivity index (χ4v) is 9.74.